The smallest absolute Gasteiger partial charge is 0.220 e. The summed E-state index contributed by atoms with van der Waals surface area (Å²) in [7, 11) is 0. The van der Waals surface area contributed by atoms with E-state index in [2.05, 4.69) is 15.2 Å². The molecular weight excluding hydrogens is 318 g/mol. The maximum absolute atomic E-state index is 12.5. The summed E-state index contributed by atoms with van der Waals surface area (Å²) in [6.07, 6.45) is 7.52. The average molecular weight is 341 g/mol. The molecule has 0 spiro atoms. The zero-order valence-electron chi connectivity index (χ0n) is 14.2. The van der Waals surface area contributed by atoms with Crippen molar-refractivity contribution < 1.29 is 13.9 Å². The van der Waals surface area contributed by atoms with Crippen LogP contribution in [0.3, 0.4) is 0 Å². The summed E-state index contributed by atoms with van der Waals surface area (Å²) in [4.78, 5) is 19.0. The van der Waals surface area contributed by atoms with Crippen molar-refractivity contribution in [2.45, 2.75) is 19.5 Å². The highest BCUT2D eigenvalue weighted by Gasteiger charge is 2.51. The van der Waals surface area contributed by atoms with Crippen molar-refractivity contribution in [1.29, 1.82) is 0 Å². The third-order valence-corrected chi connectivity index (χ3v) is 5.30. The number of nitrogens with zero attached hydrogens (tertiary/aromatic N) is 2. The van der Waals surface area contributed by atoms with Crippen LogP contribution in [0.5, 0.6) is 0 Å². The first-order valence-corrected chi connectivity index (χ1v) is 8.70. The van der Waals surface area contributed by atoms with Crippen LogP contribution >= 0.6 is 0 Å². The normalized spacial score (nSPS) is 25.8. The van der Waals surface area contributed by atoms with E-state index < -0.39 is 0 Å². The van der Waals surface area contributed by atoms with Crippen LogP contribution in [0.2, 0.25) is 0 Å². The summed E-state index contributed by atoms with van der Waals surface area (Å²) in [6.45, 7) is 4.67. The number of rotatable bonds is 6. The van der Waals surface area contributed by atoms with Gasteiger partial charge in [-0.3, -0.25) is 14.7 Å². The largest absolute Gasteiger partial charge is 0.472 e. The number of pyridine rings is 1. The molecule has 0 unspecified atom stereocenters. The number of carbonyl (C=O) groups excluding carboxylic acids is 1. The highest BCUT2D eigenvalue weighted by molar-refractivity contribution is 5.77. The summed E-state index contributed by atoms with van der Waals surface area (Å²) < 4.78 is 10.9. The lowest BCUT2D eigenvalue weighted by Gasteiger charge is -2.26. The molecule has 4 heterocycles. The van der Waals surface area contributed by atoms with E-state index >= 15 is 0 Å². The minimum absolute atomic E-state index is 0.0667. The molecule has 2 aromatic rings. The lowest BCUT2D eigenvalue weighted by molar-refractivity contribution is -0.123. The summed E-state index contributed by atoms with van der Waals surface area (Å²) in [5.74, 6) is 0.507. The predicted molar refractivity (Wildman–Crippen MR) is 91.4 cm³/mol. The zero-order chi connectivity index (χ0) is 17.1. The number of nitrogens with one attached hydrogen (secondary N) is 1. The number of furan rings is 1. The van der Waals surface area contributed by atoms with Crippen LogP contribution in [0.25, 0.3) is 0 Å². The second-order valence-corrected chi connectivity index (χ2v) is 7.19. The molecule has 0 bridgehead atoms. The van der Waals surface area contributed by atoms with Crippen molar-refractivity contribution in [3.05, 3.63) is 54.2 Å². The van der Waals surface area contributed by atoms with Crippen molar-refractivity contribution in [2.24, 2.45) is 11.3 Å². The van der Waals surface area contributed by atoms with Gasteiger partial charge in [0, 0.05) is 61.9 Å². The van der Waals surface area contributed by atoms with E-state index in [-0.39, 0.29) is 11.3 Å². The van der Waals surface area contributed by atoms with Crippen LogP contribution in [0.15, 0.2) is 47.5 Å². The second kappa shape index (κ2) is 6.98. The lowest BCUT2D eigenvalue weighted by Crippen LogP contribution is -2.37. The Labute approximate surface area is 147 Å². The van der Waals surface area contributed by atoms with Gasteiger partial charge in [0.1, 0.15) is 0 Å². The summed E-state index contributed by atoms with van der Waals surface area (Å²) in [6, 6.07) is 5.85. The van der Waals surface area contributed by atoms with Crippen LogP contribution in [0, 0.1) is 11.3 Å². The fourth-order valence-electron chi connectivity index (χ4n) is 4.04. The molecule has 2 aliphatic rings. The molecule has 6 nitrogen and oxygen atoms in total. The number of fused-ring (bicyclic) bond motifs is 1. The van der Waals surface area contributed by atoms with E-state index in [1.165, 1.54) is 5.56 Å². The van der Waals surface area contributed by atoms with Gasteiger partial charge in [-0.2, -0.15) is 0 Å². The Bertz CT molecular complexity index is 704. The highest BCUT2D eigenvalue weighted by Crippen LogP contribution is 2.44. The number of carbonyl (C=O) groups is 1. The summed E-state index contributed by atoms with van der Waals surface area (Å²) in [5.41, 5.74) is 2.13. The van der Waals surface area contributed by atoms with Crippen molar-refractivity contribution in [3.63, 3.8) is 0 Å². The Morgan fingerprint density at radius 1 is 1.40 bits per heavy atom. The van der Waals surface area contributed by atoms with Crippen molar-refractivity contribution in [1.82, 2.24) is 15.2 Å². The quantitative estimate of drug-likeness (QED) is 0.868. The first-order valence-electron chi connectivity index (χ1n) is 8.70. The van der Waals surface area contributed by atoms with Gasteiger partial charge < -0.3 is 14.5 Å². The average Bonchev–Trinajstić information content (AvgIpc) is 3.31. The Morgan fingerprint density at radius 3 is 3.16 bits per heavy atom. The Hall–Kier alpha value is -2.18. The third kappa shape index (κ3) is 3.60. The van der Waals surface area contributed by atoms with E-state index in [0.29, 0.717) is 25.5 Å². The number of aromatic nitrogens is 1. The number of likely N-dealkylation sites (tertiary alicyclic amines) is 1. The standard InChI is InChI=1S/C19H23N3O3/c23-18(21-8-15-2-1-4-20-7-15)6-19-13-22(9-16-3-5-24-11-16)10-17(19)12-25-14-19/h1-5,7,11,17H,6,8-10,12-14H2,(H,21,23)/t17-,19+/m1/s1. The van der Waals surface area contributed by atoms with Gasteiger partial charge in [-0.15, -0.1) is 0 Å². The SMILES string of the molecule is O=C(C[C@]12COC[C@H]1CN(Cc1ccoc1)C2)NCc1cccnc1. The van der Waals surface area contributed by atoms with Crippen molar-refractivity contribution in [3.8, 4) is 0 Å². The summed E-state index contributed by atoms with van der Waals surface area (Å²) >= 11 is 0. The molecule has 6 heteroatoms. The van der Waals surface area contributed by atoms with Crippen molar-refractivity contribution in [2.75, 3.05) is 26.3 Å². The van der Waals surface area contributed by atoms with Gasteiger partial charge in [-0.1, -0.05) is 6.07 Å². The molecule has 0 radical (unpaired) electrons. The van der Waals surface area contributed by atoms with Crippen LogP contribution in [0.1, 0.15) is 17.5 Å². The predicted octanol–water partition coefficient (Wildman–Crippen LogP) is 1.83. The number of ether oxygens (including phenoxy) is 1. The monoisotopic (exact) mass is 341 g/mol. The third-order valence-electron chi connectivity index (χ3n) is 5.30. The second-order valence-electron chi connectivity index (χ2n) is 7.19. The van der Waals surface area contributed by atoms with Gasteiger partial charge in [0.05, 0.1) is 25.7 Å². The molecule has 2 saturated heterocycles. The number of amides is 1. The van der Waals surface area contributed by atoms with Crippen LogP contribution in [0.4, 0.5) is 0 Å². The Kier molecular flexibility index (Phi) is 4.55. The molecule has 0 aromatic carbocycles. The van der Waals surface area contributed by atoms with Gasteiger partial charge >= 0.3 is 0 Å². The minimum atomic E-state index is -0.0667. The van der Waals surface area contributed by atoms with Gasteiger partial charge in [-0.05, 0) is 17.7 Å². The van der Waals surface area contributed by atoms with E-state index in [0.717, 1.165) is 31.8 Å². The fraction of sp³-hybridized carbons (Fsp3) is 0.474. The van der Waals surface area contributed by atoms with Crippen LogP contribution in [-0.2, 0) is 22.6 Å². The van der Waals surface area contributed by atoms with Crippen molar-refractivity contribution >= 4 is 5.91 Å². The topological polar surface area (TPSA) is 67.6 Å². The van der Waals surface area contributed by atoms with Gasteiger partial charge in [0.25, 0.3) is 0 Å². The molecular formula is C19H23N3O3. The molecule has 2 fully saturated rings. The van der Waals surface area contributed by atoms with Gasteiger partial charge in [-0.25, -0.2) is 0 Å². The molecule has 2 atom stereocenters. The molecule has 0 saturated carbocycles. The zero-order valence-corrected chi connectivity index (χ0v) is 14.2. The molecule has 2 aromatic heterocycles. The lowest BCUT2D eigenvalue weighted by atomic mass is 9.78. The molecule has 1 N–H and O–H groups in total. The Balaban J connectivity index is 1.35. The highest BCUT2D eigenvalue weighted by atomic mass is 16.5. The van der Waals surface area contributed by atoms with Crippen LogP contribution < -0.4 is 5.32 Å². The number of hydrogen-bond acceptors (Lipinski definition) is 5. The van der Waals surface area contributed by atoms with Crippen LogP contribution in [-0.4, -0.2) is 42.1 Å². The Morgan fingerprint density at radius 2 is 2.36 bits per heavy atom. The van der Waals surface area contributed by atoms with Gasteiger partial charge in [0.15, 0.2) is 0 Å². The van der Waals surface area contributed by atoms with E-state index in [9.17, 15) is 4.79 Å². The molecule has 1 amide bonds. The molecule has 0 aliphatic carbocycles. The van der Waals surface area contributed by atoms with E-state index in [1.54, 1.807) is 24.9 Å². The van der Waals surface area contributed by atoms with E-state index in [4.69, 9.17) is 9.15 Å². The van der Waals surface area contributed by atoms with E-state index in [1.807, 2.05) is 18.2 Å². The fourth-order valence-corrected chi connectivity index (χ4v) is 4.04. The summed E-state index contributed by atoms with van der Waals surface area (Å²) in [5, 5.41) is 3.03. The first kappa shape index (κ1) is 16.3. The minimum Gasteiger partial charge on any atom is -0.472 e. The number of hydrogen-bond donors (Lipinski definition) is 1. The first-order chi connectivity index (χ1) is 12.2. The molecule has 4 rings (SSSR count). The maximum Gasteiger partial charge on any atom is 0.220 e. The van der Waals surface area contributed by atoms with Gasteiger partial charge in [0.2, 0.25) is 5.91 Å². The maximum atomic E-state index is 12.5. The molecule has 132 valence electrons. The molecule has 25 heavy (non-hydrogen) atoms. The molecule has 2 aliphatic heterocycles.